The topological polar surface area (TPSA) is 66.9 Å². The van der Waals surface area contributed by atoms with Gasteiger partial charge in [0.15, 0.2) is 0 Å². The molecule has 0 spiro atoms. The normalized spacial score (nSPS) is 22.9. The van der Waals surface area contributed by atoms with Crippen molar-refractivity contribution in [2.45, 2.75) is 43.8 Å². The van der Waals surface area contributed by atoms with E-state index in [-0.39, 0.29) is 23.0 Å². The first-order valence-electron chi connectivity index (χ1n) is 10.0. The minimum absolute atomic E-state index is 0.148. The number of carbonyl (C=O) groups excluding carboxylic acids is 1. The second-order valence-electron chi connectivity index (χ2n) is 7.80. The number of para-hydroxylation sites is 1. The molecule has 2 aromatic rings. The standard InChI is InChI=1S/C22H26N2O4S/c1-16-14-23(15-17(2)28-16)29(26,27)20-10-5-8-19(13-20)22(25)24-12-6-9-18-7-3-4-11-21(18)24/h3-5,7-8,10-11,13,16-17H,6,9,12,14-15H2,1-2H3/t16-,17+. The number of fused-ring (bicyclic) bond motifs is 1. The number of aryl methyl sites for hydroxylation is 1. The first-order chi connectivity index (χ1) is 13.9. The van der Waals surface area contributed by atoms with Crippen molar-refractivity contribution in [3.8, 4) is 0 Å². The van der Waals surface area contributed by atoms with Crippen LogP contribution >= 0.6 is 0 Å². The Morgan fingerprint density at radius 1 is 1.03 bits per heavy atom. The second-order valence-corrected chi connectivity index (χ2v) is 9.73. The lowest BCUT2D eigenvalue weighted by molar-refractivity contribution is -0.0440. The number of amides is 1. The number of sulfonamides is 1. The van der Waals surface area contributed by atoms with Crippen LogP contribution in [0.15, 0.2) is 53.4 Å². The minimum atomic E-state index is -3.69. The molecule has 0 aromatic heterocycles. The zero-order valence-corrected chi connectivity index (χ0v) is 17.6. The molecule has 4 rings (SSSR count). The highest BCUT2D eigenvalue weighted by Crippen LogP contribution is 2.29. The third-order valence-electron chi connectivity index (χ3n) is 5.46. The molecule has 0 unspecified atom stereocenters. The largest absolute Gasteiger partial charge is 0.373 e. The van der Waals surface area contributed by atoms with E-state index in [0.717, 1.165) is 24.1 Å². The third kappa shape index (κ3) is 3.95. The van der Waals surface area contributed by atoms with E-state index >= 15 is 0 Å². The summed E-state index contributed by atoms with van der Waals surface area (Å²) in [5.41, 5.74) is 2.44. The van der Waals surface area contributed by atoms with Crippen molar-refractivity contribution in [2.24, 2.45) is 0 Å². The average Bonchev–Trinajstić information content (AvgIpc) is 2.72. The Labute approximate surface area is 172 Å². The van der Waals surface area contributed by atoms with E-state index in [9.17, 15) is 13.2 Å². The summed E-state index contributed by atoms with van der Waals surface area (Å²) in [7, 11) is -3.69. The van der Waals surface area contributed by atoms with Gasteiger partial charge in [-0.15, -0.1) is 0 Å². The van der Waals surface area contributed by atoms with Crippen molar-refractivity contribution in [1.82, 2.24) is 4.31 Å². The third-order valence-corrected chi connectivity index (χ3v) is 7.29. The number of morpholine rings is 1. The van der Waals surface area contributed by atoms with E-state index in [1.54, 1.807) is 23.1 Å². The Bertz CT molecular complexity index is 1010. The monoisotopic (exact) mass is 414 g/mol. The number of nitrogens with zero attached hydrogens (tertiary/aromatic N) is 2. The molecule has 29 heavy (non-hydrogen) atoms. The van der Waals surface area contributed by atoms with Crippen LogP contribution in [0.1, 0.15) is 36.2 Å². The molecule has 1 saturated heterocycles. The SMILES string of the molecule is C[C@@H]1CN(S(=O)(=O)c2cccc(C(=O)N3CCCc4ccccc43)c2)C[C@H](C)O1. The van der Waals surface area contributed by atoms with Crippen LogP contribution in [0.5, 0.6) is 0 Å². The average molecular weight is 415 g/mol. The Hall–Kier alpha value is -2.22. The molecule has 1 fully saturated rings. The first-order valence-corrected chi connectivity index (χ1v) is 11.5. The highest BCUT2D eigenvalue weighted by molar-refractivity contribution is 7.89. The van der Waals surface area contributed by atoms with Gasteiger partial charge in [0, 0.05) is 30.9 Å². The molecule has 6 nitrogen and oxygen atoms in total. The molecule has 2 aliphatic rings. The summed E-state index contributed by atoms with van der Waals surface area (Å²) >= 11 is 0. The van der Waals surface area contributed by atoms with Gasteiger partial charge in [-0.25, -0.2) is 8.42 Å². The number of rotatable bonds is 3. The molecule has 2 heterocycles. The molecule has 0 bridgehead atoms. The maximum absolute atomic E-state index is 13.2. The van der Waals surface area contributed by atoms with Gasteiger partial charge in [0.1, 0.15) is 0 Å². The van der Waals surface area contributed by atoms with Crippen molar-refractivity contribution < 1.29 is 17.9 Å². The fourth-order valence-electron chi connectivity index (χ4n) is 4.17. The molecule has 0 radical (unpaired) electrons. The van der Waals surface area contributed by atoms with Gasteiger partial charge in [0.05, 0.1) is 17.1 Å². The van der Waals surface area contributed by atoms with Gasteiger partial charge in [-0.2, -0.15) is 4.31 Å². The fourth-order valence-corrected chi connectivity index (χ4v) is 5.80. The maximum atomic E-state index is 13.2. The quantitative estimate of drug-likeness (QED) is 0.774. The fraction of sp³-hybridized carbons (Fsp3) is 0.409. The van der Waals surface area contributed by atoms with Crippen LogP contribution in [-0.4, -0.2) is 50.5 Å². The molecular weight excluding hydrogens is 388 g/mol. The summed E-state index contributed by atoms with van der Waals surface area (Å²) in [5.74, 6) is -0.169. The van der Waals surface area contributed by atoms with Crippen LogP contribution in [0.25, 0.3) is 0 Å². The molecular formula is C22H26N2O4S. The number of carbonyl (C=O) groups is 1. The summed E-state index contributed by atoms with van der Waals surface area (Å²) in [6.45, 7) is 4.98. The zero-order valence-electron chi connectivity index (χ0n) is 16.7. The molecule has 0 aliphatic carbocycles. The molecule has 0 saturated carbocycles. The van der Waals surface area contributed by atoms with Crippen LogP contribution in [0.2, 0.25) is 0 Å². The van der Waals surface area contributed by atoms with Gasteiger partial charge >= 0.3 is 0 Å². The lowest BCUT2D eigenvalue weighted by Gasteiger charge is -2.34. The Morgan fingerprint density at radius 3 is 2.52 bits per heavy atom. The maximum Gasteiger partial charge on any atom is 0.258 e. The van der Waals surface area contributed by atoms with Crippen molar-refractivity contribution in [1.29, 1.82) is 0 Å². The van der Waals surface area contributed by atoms with Crippen LogP contribution in [0, 0.1) is 0 Å². The Balaban J connectivity index is 1.63. The number of benzene rings is 2. The summed E-state index contributed by atoms with van der Waals surface area (Å²) in [5, 5.41) is 0. The number of hydrogen-bond acceptors (Lipinski definition) is 4. The van der Waals surface area contributed by atoms with Gasteiger partial charge in [-0.1, -0.05) is 24.3 Å². The summed E-state index contributed by atoms with van der Waals surface area (Å²) in [6.07, 6.45) is 1.51. The Kier molecular flexibility index (Phi) is 5.46. The smallest absolute Gasteiger partial charge is 0.258 e. The van der Waals surface area contributed by atoms with Crippen molar-refractivity contribution in [3.05, 3.63) is 59.7 Å². The number of anilines is 1. The van der Waals surface area contributed by atoms with Crippen molar-refractivity contribution in [3.63, 3.8) is 0 Å². The van der Waals surface area contributed by atoms with Crippen molar-refractivity contribution >= 4 is 21.6 Å². The van der Waals surface area contributed by atoms with Gasteiger partial charge in [0.25, 0.3) is 5.91 Å². The molecule has 7 heteroatoms. The van der Waals surface area contributed by atoms with E-state index in [2.05, 4.69) is 0 Å². The van der Waals surface area contributed by atoms with Gasteiger partial charge < -0.3 is 9.64 Å². The lowest BCUT2D eigenvalue weighted by atomic mass is 10.0. The van der Waals surface area contributed by atoms with Gasteiger partial charge in [-0.05, 0) is 56.5 Å². The predicted octanol–water partition coefficient (Wildman–Crippen LogP) is 3.08. The molecule has 1 amide bonds. The van der Waals surface area contributed by atoms with E-state index < -0.39 is 10.0 Å². The number of ether oxygens (including phenoxy) is 1. The first kappa shape index (κ1) is 20.1. The van der Waals surface area contributed by atoms with Crippen LogP contribution in [0.4, 0.5) is 5.69 Å². The van der Waals surface area contributed by atoms with E-state index in [1.165, 1.54) is 10.4 Å². The van der Waals surface area contributed by atoms with Gasteiger partial charge in [-0.3, -0.25) is 4.79 Å². The predicted molar refractivity (Wildman–Crippen MR) is 112 cm³/mol. The molecule has 2 aromatic carbocycles. The highest BCUT2D eigenvalue weighted by atomic mass is 32.2. The van der Waals surface area contributed by atoms with Gasteiger partial charge in [0.2, 0.25) is 10.0 Å². The summed E-state index contributed by atoms with van der Waals surface area (Å²) < 4.78 is 33.5. The molecule has 154 valence electrons. The van der Waals surface area contributed by atoms with Crippen LogP contribution < -0.4 is 4.90 Å². The van der Waals surface area contributed by atoms with Crippen LogP contribution in [0.3, 0.4) is 0 Å². The highest BCUT2D eigenvalue weighted by Gasteiger charge is 2.33. The molecule has 2 atom stereocenters. The number of hydrogen-bond donors (Lipinski definition) is 0. The second kappa shape index (κ2) is 7.89. The van der Waals surface area contributed by atoms with E-state index in [1.807, 2.05) is 38.1 Å². The minimum Gasteiger partial charge on any atom is -0.373 e. The van der Waals surface area contributed by atoms with E-state index in [0.29, 0.717) is 25.2 Å². The zero-order chi connectivity index (χ0) is 20.6. The lowest BCUT2D eigenvalue weighted by Crippen LogP contribution is -2.48. The van der Waals surface area contributed by atoms with Crippen LogP contribution in [-0.2, 0) is 21.2 Å². The summed E-state index contributed by atoms with van der Waals surface area (Å²) in [6, 6.07) is 14.3. The van der Waals surface area contributed by atoms with E-state index in [4.69, 9.17) is 4.74 Å². The molecule has 0 N–H and O–H groups in total. The summed E-state index contributed by atoms with van der Waals surface area (Å²) in [4.78, 5) is 15.1. The Morgan fingerprint density at radius 2 is 1.76 bits per heavy atom. The molecule has 2 aliphatic heterocycles. The van der Waals surface area contributed by atoms with Crippen molar-refractivity contribution in [2.75, 3.05) is 24.5 Å².